The van der Waals surface area contributed by atoms with Crippen molar-refractivity contribution in [2.75, 3.05) is 42.0 Å². The van der Waals surface area contributed by atoms with Crippen LogP contribution in [0.5, 0.6) is 0 Å². The molecule has 0 saturated carbocycles. The number of aliphatic hydroxyl groups excluding tert-OH is 3. The highest BCUT2D eigenvalue weighted by Crippen LogP contribution is 2.36. The smallest absolute Gasteiger partial charge is 0.330 e. The van der Waals surface area contributed by atoms with Gasteiger partial charge in [0.2, 0.25) is 0 Å². The molecule has 0 aromatic carbocycles. The van der Waals surface area contributed by atoms with E-state index >= 15 is 0 Å². The summed E-state index contributed by atoms with van der Waals surface area (Å²) >= 11 is 0. The lowest BCUT2D eigenvalue weighted by atomic mass is 9.78. The Bertz CT molecular complexity index is 1270. The summed E-state index contributed by atoms with van der Waals surface area (Å²) in [5.74, 6) is -2.84. The zero-order valence-corrected chi connectivity index (χ0v) is 36.1. The number of rotatable bonds is 12. The first kappa shape index (κ1) is 49.3. The molecule has 3 N–H and O–H groups in total. The van der Waals surface area contributed by atoms with Gasteiger partial charge in [-0.05, 0) is 78.3 Å². The number of likely N-dealkylation sites (N-methyl/N-ethyl adjacent to an activating group) is 1. The number of esters is 2. The van der Waals surface area contributed by atoms with Gasteiger partial charge in [0.15, 0.2) is 12.6 Å². The number of ketones is 1. The third kappa shape index (κ3) is 14.0. The Balaban J connectivity index is 1.96. The number of cyclic esters (lactones) is 1. The van der Waals surface area contributed by atoms with Crippen LogP contribution in [0.4, 0.5) is 0 Å². The van der Waals surface area contributed by atoms with Gasteiger partial charge in [0.1, 0.15) is 36.3 Å². The fourth-order valence-electron chi connectivity index (χ4n) is 8.59. The minimum Gasteiger partial charge on any atom is -0.466 e. The van der Waals surface area contributed by atoms with Gasteiger partial charge in [-0.2, -0.15) is 0 Å². The molecule has 3 saturated heterocycles. The summed E-state index contributed by atoms with van der Waals surface area (Å²) in [6.45, 7) is 11.4. The number of allylic oxidation sites excluding steroid dienone is 1. The van der Waals surface area contributed by atoms with E-state index in [2.05, 4.69) is 6.92 Å². The maximum absolute atomic E-state index is 13.8. The molecule has 3 rings (SSSR count). The fraction of sp³-hybridized carbons (Fsp3) is 0.881. The molecule has 3 aliphatic rings. The van der Waals surface area contributed by atoms with Gasteiger partial charge in [-0.1, -0.05) is 33.8 Å². The highest BCUT2D eigenvalue weighted by Gasteiger charge is 2.46. The highest BCUT2D eigenvalue weighted by atomic mass is 16.7. The van der Waals surface area contributed by atoms with Gasteiger partial charge in [0, 0.05) is 50.5 Å². The molecule has 330 valence electrons. The average Bonchev–Trinajstić information content (AvgIpc) is 3.17. The SMILES string of the molecule is CC[C@H]1OC(=O)C[C@H](O)[C@H](C)[C@@H](O[C@H]2O[C@@H](C)C[C@@H](N(C)C)[C@@H]2O)[C@@H](C/C=C/C(=O)OC)C[C@H](C)C(=O)CCC(C)C[C@@H]1CO[C@@H]1O[C@H](C)[C@@H](O)[C@@H](OC)[C@H]1OC. The van der Waals surface area contributed by atoms with Crippen LogP contribution in [0, 0.1) is 29.6 Å². The zero-order chi connectivity index (χ0) is 42.6. The van der Waals surface area contributed by atoms with Crippen LogP contribution >= 0.6 is 0 Å². The van der Waals surface area contributed by atoms with Crippen molar-refractivity contribution in [1.82, 2.24) is 4.90 Å². The molecule has 1 unspecified atom stereocenters. The maximum atomic E-state index is 13.8. The van der Waals surface area contributed by atoms with Crippen LogP contribution in [0.3, 0.4) is 0 Å². The molecule has 0 amide bonds. The Labute approximate surface area is 340 Å². The van der Waals surface area contributed by atoms with Gasteiger partial charge in [0.25, 0.3) is 0 Å². The lowest BCUT2D eigenvalue weighted by Gasteiger charge is -2.44. The number of carbonyl (C=O) groups excluding carboxylic acids is 3. The fourth-order valence-corrected chi connectivity index (χ4v) is 8.59. The van der Waals surface area contributed by atoms with Crippen LogP contribution < -0.4 is 0 Å². The van der Waals surface area contributed by atoms with E-state index in [0.29, 0.717) is 44.9 Å². The number of aliphatic hydroxyl groups is 3. The zero-order valence-electron chi connectivity index (χ0n) is 36.1. The summed E-state index contributed by atoms with van der Waals surface area (Å²) in [6.07, 6.45) is -2.88. The van der Waals surface area contributed by atoms with Crippen LogP contribution in [0.1, 0.15) is 92.9 Å². The average molecular weight is 816 g/mol. The first-order valence-corrected chi connectivity index (χ1v) is 20.8. The quantitative estimate of drug-likeness (QED) is 0.192. The first-order chi connectivity index (χ1) is 26.9. The molecule has 0 spiro atoms. The van der Waals surface area contributed by atoms with E-state index in [4.69, 9.17) is 37.9 Å². The van der Waals surface area contributed by atoms with Crippen LogP contribution in [0.2, 0.25) is 0 Å². The summed E-state index contributed by atoms with van der Waals surface area (Å²) in [5, 5.41) is 33.9. The van der Waals surface area contributed by atoms with Crippen molar-refractivity contribution in [3.63, 3.8) is 0 Å². The van der Waals surface area contributed by atoms with E-state index in [9.17, 15) is 29.7 Å². The molecular formula is C42H73NO14. The third-order valence-electron chi connectivity index (χ3n) is 12.2. The second kappa shape index (κ2) is 23.7. The molecule has 0 aliphatic carbocycles. The van der Waals surface area contributed by atoms with E-state index in [1.807, 2.05) is 39.8 Å². The van der Waals surface area contributed by atoms with Crippen molar-refractivity contribution in [2.45, 2.75) is 166 Å². The lowest BCUT2D eigenvalue weighted by molar-refractivity contribution is -0.305. The maximum Gasteiger partial charge on any atom is 0.330 e. The van der Waals surface area contributed by atoms with E-state index in [0.717, 1.165) is 0 Å². The number of carbonyl (C=O) groups is 3. The third-order valence-corrected chi connectivity index (χ3v) is 12.2. The van der Waals surface area contributed by atoms with Crippen molar-refractivity contribution in [3.05, 3.63) is 12.2 Å². The van der Waals surface area contributed by atoms with Gasteiger partial charge in [-0.15, -0.1) is 0 Å². The van der Waals surface area contributed by atoms with Gasteiger partial charge < -0.3 is 58.1 Å². The molecule has 0 bridgehead atoms. The summed E-state index contributed by atoms with van der Waals surface area (Å²) in [6, 6.07) is -0.260. The Morgan fingerprint density at radius 1 is 0.877 bits per heavy atom. The second-order valence-electron chi connectivity index (χ2n) is 16.8. The minimum atomic E-state index is -1.24. The number of hydrogen-bond acceptors (Lipinski definition) is 15. The Hall–Kier alpha value is -2.05. The monoisotopic (exact) mass is 816 g/mol. The minimum absolute atomic E-state index is 0.0467. The number of methoxy groups -OCH3 is 3. The molecule has 17 atom stereocenters. The Morgan fingerprint density at radius 3 is 2.18 bits per heavy atom. The molecular weight excluding hydrogens is 742 g/mol. The number of ether oxygens (including phenoxy) is 8. The number of hydrogen-bond donors (Lipinski definition) is 3. The predicted molar refractivity (Wildman–Crippen MR) is 210 cm³/mol. The highest BCUT2D eigenvalue weighted by molar-refractivity contribution is 5.81. The van der Waals surface area contributed by atoms with Gasteiger partial charge in [0.05, 0.1) is 44.6 Å². The first-order valence-electron chi connectivity index (χ1n) is 20.8. The van der Waals surface area contributed by atoms with Crippen molar-refractivity contribution in [3.8, 4) is 0 Å². The number of Topliss-reactive ketones (excluding diaryl/α,β-unsaturated/α-hetero) is 1. The molecule has 0 aromatic rings. The van der Waals surface area contributed by atoms with Crippen molar-refractivity contribution >= 4 is 17.7 Å². The molecule has 3 aliphatic heterocycles. The van der Waals surface area contributed by atoms with Crippen molar-refractivity contribution in [2.24, 2.45) is 29.6 Å². The molecule has 3 heterocycles. The topological polar surface area (TPSA) is 189 Å². The summed E-state index contributed by atoms with van der Waals surface area (Å²) in [4.78, 5) is 41.6. The van der Waals surface area contributed by atoms with E-state index < -0.39 is 91.1 Å². The number of nitrogens with zero attached hydrogens (tertiary/aromatic N) is 1. The van der Waals surface area contributed by atoms with Crippen molar-refractivity contribution < 1.29 is 67.6 Å². The second-order valence-corrected chi connectivity index (χ2v) is 16.8. The van der Waals surface area contributed by atoms with Crippen LogP contribution in [-0.4, -0.2) is 154 Å². The van der Waals surface area contributed by atoms with Gasteiger partial charge >= 0.3 is 11.9 Å². The van der Waals surface area contributed by atoms with Crippen LogP contribution in [0.25, 0.3) is 0 Å². The Kier molecular flexibility index (Phi) is 20.5. The molecule has 3 fully saturated rings. The molecule has 15 heteroatoms. The van der Waals surface area contributed by atoms with Crippen molar-refractivity contribution in [1.29, 1.82) is 0 Å². The summed E-state index contributed by atoms with van der Waals surface area (Å²) < 4.78 is 47.3. The largest absolute Gasteiger partial charge is 0.466 e. The van der Waals surface area contributed by atoms with Gasteiger partial charge in [-0.25, -0.2) is 4.79 Å². The molecule has 57 heavy (non-hydrogen) atoms. The molecule has 0 aromatic heterocycles. The van der Waals surface area contributed by atoms with E-state index in [-0.39, 0.29) is 42.8 Å². The summed E-state index contributed by atoms with van der Waals surface area (Å²) in [7, 11) is 8.04. The standard InChI is InChI=1S/C42H73NO14/c1-12-33-29(22-53-42-40(52-11)39(51-10)36(48)27(6)55-42)18-23(2)16-17-31(44)24(3)19-28(14-13-15-34(46)50-9)38(26(5)32(45)21-35(47)56-33)57-41-37(49)30(43(7)8)20-25(4)54-41/h13,15,23-30,32-33,36-42,45,48-49H,12,14,16-22H2,1-11H3/b15-13+/t23?,24-,25-,26-,27+,28-,29+,30+,32-,33+,36+,37-,38+,39+,40+,41+,42+/m0/s1. The summed E-state index contributed by atoms with van der Waals surface area (Å²) in [5.41, 5.74) is 0. The Morgan fingerprint density at radius 2 is 1.56 bits per heavy atom. The van der Waals surface area contributed by atoms with Gasteiger partial charge in [-0.3, -0.25) is 9.59 Å². The normalized spacial score (nSPS) is 40.9. The predicted octanol–water partition coefficient (Wildman–Crippen LogP) is 3.43. The van der Waals surface area contributed by atoms with E-state index in [1.165, 1.54) is 27.4 Å². The molecule has 0 radical (unpaired) electrons. The lowest BCUT2D eigenvalue weighted by Crippen LogP contribution is -2.59. The van der Waals surface area contributed by atoms with Crippen LogP contribution in [0.15, 0.2) is 12.2 Å². The van der Waals surface area contributed by atoms with Crippen LogP contribution in [-0.2, 0) is 52.3 Å². The van der Waals surface area contributed by atoms with E-state index in [1.54, 1.807) is 19.9 Å². The molecule has 15 nitrogen and oxygen atoms in total.